The molecule has 0 atom stereocenters. The van der Waals surface area contributed by atoms with E-state index in [1.807, 2.05) is 0 Å². The first-order valence-electron chi connectivity index (χ1n) is 11.4. The first-order chi connectivity index (χ1) is 14.5. The molecule has 5 heteroatoms. The van der Waals surface area contributed by atoms with Crippen LogP contribution in [0.5, 0.6) is 5.75 Å². The van der Waals surface area contributed by atoms with Crippen molar-refractivity contribution in [1.82, 2.24) is 9.55 Å². The van der Waals surface area contributed by atoms with Crippen molar-refractivity contribution in [3.05, 3.63) is 35.0 Å². The van der Waals surface area contributed by atoms with E-state index in [9.17, 15) is 0 Å². The topological polar surface area (TPSA) is 53.1 Å². The van der Waals surface area contributed by atoms with Crippen molar-refractivity contribution in [3.8, 4) is 16.3 Å². The summed E-state index contributed by atoms with van der Waals surface area (Å²) in [6.07, 6.45) is 10.9. The van der Waals surface area contributed by atoms with E-state index in [1.165, 1.54) is 53.4 Å². The Morgan fingerprint density at radius 3 is 2.60 bits per heavy atom. The van der Waals surface area contributed by atoms with E-state index in [-0.39, 0.29) is 5.54 Å². The number of aryl methyl sites for hydroxylation is 1. The number of hydrogen-bond acceptors (Lipinski definition) is 4. The number of para-hydroxylation sites is 1. The Kier molecular flexibility index (Phi) is 6.21. The quantitative estimate of drug-likeness (QED) is 0.462. The molecule has 3 aromatic rings. The zero-order valence-electron chi connectivity index (χ0n) is 18.8. The second-order valence-corrected chi connectivity index (χ2v) is 9.85. The molecule has 2 N–H and O–H groups in total. The average molecular weight is 426 g/mol. The Labute approximate surface area is 184 Å². The summed E-state index contributed by atoms with van der Waals surface area (Å²) >= 11 is 1.77. The zero-order chi connectivity index (χ0) is 21.3. The van der Waals surface area contributed by atoms with Crippen LogP contribution in [-0.2, 0) is 12.1 Å². The highest BCUT2D eigenvalue weighted by Gasteiger charge is 2.29. The van der Waals surface area contributed by atoms with Crippen LogP contribution >= 0.6 is 11.3 Å². The molecule has 30 heavy (non-hydrogen) atoms. The van der Waals surface area contributed by atoms with Crippen LogP contribution in [-0.4, -0.2) is 16.7 Å². The van der Waals surface area contributed by atoms with Crippen LogP contribution in [0.25, 0.3) is 21.5 Å². The van der Waals surface area contributed by atoms with Crippen LogP contribution < -0.4 is 10.5 Å². The fraction of sp³-hybridized carbons (Fsp3) is 0.560. The van der Waals surface area contributed by atoms with Gasteiger partial charge in [0.25, 0.3) is 0 Å². The lowest BCUT2D eigenvalue weighted by atomic mass is 9.89. The van der Waals surface area contributed by atoms with E-state index in [0.717, 1.165) is 41.8 Å². The summed E-state index contributed by atoms with van der Waals surface area (Å²) in [6.45, 7) is 7.50. The summed E-state index contributed by atoms with van der Waals surface area (Å²) in [5.41, 5.74) is 9.91. The molecule has 1 aliphatic rings. The SMILES string of the molecule is CCC(N)(CC)c1sc(-c2cn(CC3CCCCC3)c3c(OC)cccc23)nc1C. The molecule has 2 heterocycles. The van der Waals surface area contributed by atoms with Crippen molar-refractivity contribution in [2.75, 3.05) is 7.11 Å². The maximum Gasteiger partial charge on any atom is 0.143 e. The van der Waals surface area contributed by atoms with Crippen molar-refractivity contribution in [2.24, 2.45) is 11.7 Å². The molecule has 0 amide bonds. The van der Waals surface area contributed by atoms with Gasteiger partial charge in [0.15, 0.2) is 0 Å². The van der Waals surface area contributed by atoms with Gasteiger partial charge >= 0.3 is 0 Å². The molecule has 2 aromatic heterocycles. The fourth-order valence-corrected chi connectivity index (χ4v) is 6.33. The molecular weight excluding hydrogens is 390 g/mol. The van der Waals surface area contributed by atoms with Crippen molar-refractivity contribution < 1.29 is 4.74 Å². The number of thiazole rings is 1. The van der Waals surface area contributed by atoms with E-state index in [1.54, 1.807) is 18.4 Å². The monoisotopic (exact) mass is 425 g/mol. The molecule has 4 rings (SSSR count). The van der Waals surface area contributed by atoms with E-state index in [4.69, 9.17) is 15.5 Å². The van der Waals surface area contributed by atoms with Crippen molar-refractivity contribution in [1.29, 1.82) is 0 Å². The van der Waals surface area contributed by atoms with Gasteiger partial charge in [-0.2, -0.15) is 0 Å². The number of hydrogen-bond donors (Lipinski definition) is 1. The van der Waals surface area contributed by atoms with E-state index in [2.05, 4.69) is 49.7 Å². The number of nitrogens with two attached hydrogens (primary N) is 1. The van der Waals surface area contributed by atoms with Gasteiger partial charge in [0.05, 0.1) is 23.9 Å². The van der Waals surface area contributed by atoms with Crippen molar-refractivity contribution >= 4 is 22.2 Å². The molecule has 1 aromatic carbocycles. The molecule has 1 fully saturated rings. The van der Waals surface area contributed by atoms with Crippen molar-refractivity contribution in [2.45, 2.75) is 77.8 Å². The molecule has 0 unspecified atom stereocenters. The summed E-state index contributed by atoms with van der Waals surface area (Å²) in [4.78, 5) is 6.21. The minimum absolute atomic E-state index is 0.293. The van der Waals surface area contributed by atoms with Gasteiger partial charge in [-0.05, 0) is 44.6 Å². The maximum atomic E-state index is 6.74. The molecule has 1 saturated carbocycles. The number of fused-ring (bicyclic) bond motifs is 1. The smallest absolute Gasteiger partial charge is 0.143 e. The predicted octanol–water partition coefficient (Wildman–Crippen LogP) is 6.64. The number of nitrogens with zero attached hydrogens (tertiary/aromatic N) is 2. The lowest BCUT2D eigenvalue weighted by Gasteiger charge is -2.25. The van der Waals surface area contributed by atoms with Crippen molar-refractivity contribution in [3.63, 3.8) is 0 Å². The lowest BCUT2D eigenvalue weighted by Crippen LogP contribution is -2.34. The second-order valence-electron chi connectivity index (χ2n) is 8.85. The van der Waals surface area contributed by atoms with Gasteiger partial charge in [-0.25, -0.2) is 4.98 Å². The Bertz CT molecular complexity index is 1010. The van der Waals surface area contributed by atoms with Crippen LogP contribution in [0.3, 0.4) is 0 Å². The highest BCUT2D eigenvalue weighted by atomic mass is 32.1. The average Bonchev–Trinajstić information content (AvgIpc) is 3.35. The summed E-state index contributed by atoms with van der Waals surface area (Å²) in [5.74, 6) is 1.69. The minimum atomic E-state index is -0.293. The summed E-state index contributed by atoms with van der Waals surface area (Å²) < 4.78 is 8.19. The first kappa shape index (κ1) is 21.4. The number of benzene rings is 1. The molecule has 0 saturated heterocycles. The Morgan fingerprint density at radius 1 is 1.20 bits per heavy atom. The number of aromatic nitrogens is 2. The number of ether oxygens (including phenoxy) is 1. The number of methoxy groups -OCH3 is 1. The van der Waals surface area contributed by atoms with Crippen LogP contribution in [0.4, 0.5) is 0 Å². The standard InChI is InChI=1S/C25H35N3OS/c1-5-25(26,6-2)23-17(3)27-24(30-23)20-16-28(15-18-11-8-7-9-12-18)22-19(20)13-10-14-21(22)29-4/h10,13-14,16,18H,5-9,11-12,15,26H2,1-4H3. The molecule has 0 bridgehead atoms. The Balaban J connectivity index is 1.82. The minimum Gasteiger partial charge on any atom is -0.495 e. The van der Waals surface area contributed by atoms with Gasteiger partial charge < -0.3 is 15.0 Å². The third-order valence-corrected chi connectivity index (χ3v) is 8.41. The maximum absolute atomic E-state index is 6.74. The summed E-state index contributed by atoms with van der Waals surface area (Å²) in [6, 6.07) is 6.36. The van der Waals surface area contributed by atoms with Gasteiger partial charge in [0, 0.05) is 28.6 Å². The first-order valence-corrected chi connectivity index (χ1v) is 12.2. The van der Waals surface area contributed by atoms with Gasteiger partial charge in [0.1, 0.15) is 10.8 Å². The Morgan fingerprint density at radius 2 is 1.93 bits per heavy atom. The molecule has 0 radical (unpaired) electrons. The molecule has 4 nitrogen and oxygen atoms in total. The van der Waals surface area contributed by atoms with E-state index >= 15 is 0 Å². The predicted molar refractivity (Wildman–Crippen MR) is 127 cm³/mol. The molecular formula is C25H35N3OS. The van der Waals surface area contributed by atoms with Gasteiger partial charge in [-0.15, -0.1) is 11.3 Å². The van der Waals surface area contributed by atoms with Crippen LogP contribution in [0.15, 0.2) is 24.4 Å². The molecule has 0 spiro atoms. The van der Waals surface area contributed by atoms with Crippen LogP contribution in [0.2, 0.25) is 0 Å². The molecule has 162 valence electrons. The van der Waals surface area contributed by atoms with Crippen LogP contribution in [0.1, 0.15) is 69.4 Å². The van der Waals surface area contributed by atoms with Crippen LogP contribution in [0, 0.1) is 12.8 Å². The summed E-state index contributed by atoms with van der Waals surface area (Å²) in [5, 5.41) is 2.29. The lowest BCUT2D eigenvalue weighted by molar-refractivity contribution is 0.321. The molecule has 0 aliphatic heterocycles. The van der Waals surface area contributed by atoms with Gasteiger partial charge in [-0.3, -0.25) is 0 Å². The Hall–Kier alpha value is -1.85. The largest absolute Gasteiger partial charge is 0.495 e. The third-order valence-electron chi connectivity index (χ3n) is 7.00. The van der Waals surface area contributed by atoms with Gasteiger partial charge in [0.2, 0.25) is 0 Å². The molecule has 1 aliphatic carbocycles. The fourth-order valence-electron chi connectivity index (χ4n) is 5.00. The highest BCUT2D eigenvalue weighted by molar-refractivity contribution is 7.15. The highest BCUT2D eigenvalue weighted by Crippen LogP contribution is 2.42. The third kappa shape index (κ3) is 3.78. The number of rotatable bonds is 7. The second kappa shape index (κ2) is 8.72. The summed E-state index contributed by atoms with van der Waals surface area (Å²) in [7, 11) is 1.77. The van der Waals surface area contributed by atoms with Gasteiger partial charge in [-0.1, -0.05) is 45.2 Å². The zero-order valence-corrected chi connectivity index (χ0v) is 19.6. The van der Waals surface area contributed by atoms with E-state index < -0.39 is 0 Å². The normalized spacial score (nSPS) is 15.8. The van der Waals surface area contributed by atoms with E-state index in [0.29, 0.717) is 0 Å².